The van der Waals surface area contributed by atoms with Crippen molar-refractivity contribution in [2.75, 3.05) is 25.9 Å². The standard InChI is InChI=1S/C18H34N2O5S/c1-6-14-26(23,24)20-13-8-7-10-15(20)17(22)19(5)12-9-11-16(21)25-18(2,3)4/h15H,6-14H2,1-5H3. The summed E-state index contributed by atoms with van der Waals surface area (Å²) in [6, 6.07) is -0.619. The highest BCUT2D eigenvalue weighted by Gasteiger charge is 2.37. The molecule has 8 heteroatoms. The van der Waals surface area contributed by atoms with Crippen molar-refractivity contribution in [3.05, 3.63) is 0 Å². The van der Waals surface area contributed by atoms with Crippen LogP contribution in [0.15, 0.2) is 0 Å². The van der Waals surface area contributed by atoms with E-state index >= 15 is 0 Å². The van der Waals surface area contributed by atoms with Crippen LogP contribution in [0, 0.1) is 0 Å². The van der Waals surface area contributed by atoms with E-state index in [9.17, 15) is 18.0 Å². The number of carbonyl (C=O) groups excluding carboxylic acids is 2. The van der Waals surface area contributed by atoms with E-state index in [1.54, 1.807) is 7.05 Å². The number of ether oxygens (including phenoxy) is 1. The molecule has 1 heterocycles. The fraction of sp³-hybridized carbons (Fsp3) is 0.889. The summed E-state index contributed by atoms with van der Waals surface area (Å²) in [4.78, 5) is 26.1. The Labute approximate surface area is 158 Å². The molecule has 0 aromatic heterocycles. The average molecular weight is 391 g/mol. The highest BCUT2D eigenvalue weighted by molar-refractivity contribution is 7.89. The van der Waals surface area contributed by atoms with E-state index in [2.05, 4.69) is 0 Å². The molecule has 1 unspecified atom stereocenters. The van der Waals surface area contributed by atoms with Gasteiger partial charge in [-0.3, -0.25) is 9.59 Å². The number of esters is 1. The predicted octanol–water partition coefficient (Wildman–Crippen LogP) is 2.16. The zero-order valence-electron chi connectivity index (χ0n) is 16.8. The van der Waals surface area contributed by atoms with E-state index in [1.807, 2.05) is 27.7 Å². The van der Waals surface area contributed by atoms with Crippen LogP contribution in [0.4, 0.5) is 0 Å². The molecule has 0 radical (unpaired) electrons. The summed E-state index contributed by atoms with van der Waals surface area (Å²) in [5.41, 5.74) is -0.519. The first-order valence-electron chi connectivity index (χ1n) is 9.44. The molecule has 0 aromatic rings. The van der Waals surface area contributed by atoms with E-state index in [1.165, 1.54) is 9.21 Å². The molecule has 0 spiro atoms. The Morgan fingerprint density at radius 1 is 1.23 bits per heavy atom. The molecular formula is C18H34N2O5S. The lowest BCUT2D eigenvalue weighted by Crippen LogP contribution is -2.52. The van der Waals surface area contributed by atoms with E-state index in [0.717, 1.165) is 12.8 Å². The number of rotatable bonds is 8. The average Bonchev–Trinajstić information content (AvgIpc) is 2.52. The zero-order chi connectivity index (χ0) is 20.0. The molecule has 0 saturated carbocycles. The summed E-state index contributed by atoms with van der Waals surface area (Å²) in [6.45, 7) is 8.07. The van der Waals surface area contributed by atoms with Crippen LogP contribution < -0.4 is 0 Å². The summed E-state index contributed by atoms with van der Waals surface area (Å²) in [5.74, 6) is -0.407. The van der Waals surface area contributed by atoms with Gasteiger partial charge in [0.25, 0.3) is 0 Å². The molecule has 1 fully saturated rings. The summed E-state index contributed by atoms with van der Waals surface area (Å²) in [7, 11) is -1.74. The monoisotopic (exact) mass is 390 g/mol. The van der Waals surface area contributed by atoms with Crippen molar-refractivity contribution < 1.29 is 22.7 Å². The highest BCUT2D eigenvalue weighted by atomic mass is 32.2. The van der Waals surface area contributed by atoms with Gasteiger partial charge in [-0.1, -0.05) is 13.3 Å². The van der Waals surface area contributed by atoms with Crippen molar-refractivity contribution in [1.29, 1.82) is 0 Å². The van der Waals surface area contributed by atoms with Gasteiger partial charge in [0.1, 0.15) is 11.6 Å². The third kappa shape index (κ3) is 7.23. The largest absolute Gasteiger partial charge is 0.460 e. The van der Waals surface area contributed by atoms with Gasteiger partial charge >= 0.3 is 5.97 Å². The predicted molar refractivity (Wildman–Crippen MR) is 101 cm³/mol. The number of carbonyl (C=O) groups is 2. The summed E-state index contributed by atoms with van der Waals surface area (Å²) in [5, 5.41) is 0. The van der Waals surface area contributed by atoms with Gasteiger partial charge in [-0.25, -0.2) is 8.42 Å². The maximum atomic E-state index is 12.8. The first-order chi connectivity index (χ1) is 12.0. The second-order valence-corrected chi connectivity index (χ2v) is 9.93. The molecule has 152 valence electrons. The number of amides is 1. The Hall–Kier alpha value is -1.15. The van der Waals surface area contributed by atoms with Gasteiger partial charge in [0.2, 0.25) is 15.9 Å². The van der Waals surface area contributed by atoms with Crippen LogP contribution in [-0.2, 0) is 24.3 Å². The smallest absolute Gasteiger partial charge is 0.306 e. The molecule has 7 nitrogen and oxygen atoms in total. The first-order valence-corrected chi connectivity index (χ1v) is 11.0. The van der Waals surface area contributed by atoms with Crippen LogP contribution in [0.25, 0.3) is 0 Å². The van der Waals surface area contributed by atoms with Gasteiger partial charge in [-0.05, 0) is 46.5 Å². The minimum Gasteiger partial charge on any atom is -0.460 e. The number of hydrogen-bond donors (Lipinski definition) is 0. The molecule has 0 aliphatic carbocycles. The minimum atomic E-state index is -3.40. The maximum absolute atomic E-state index is 12.8. The maximum Gasteiger partial charge on any atom is 0.306 e. The van der Waals surface area contributed by atoms with Crippen molar-refractivity contribution in [3.8, 4) is 0 Å². The number of likely N-dealkylation sites (N-methyl/N-ethyl adjacent to an activating group) is 1. The SMILES string of the molecule is CCCS(=O)(=O)N1CCCCC1C(=O)N(C)CCCC(=O)OC(C)(C)C. The van der Waals surface area contributed by atoms with E-state index in [-0.39, 0.29) is 24.1 Å². The summed E-state index contributed by atoms with van der Waals surface area (Å²) < 4.78 is 31.5. The molecular weight excluding hydrogens is 356 g/mol. The van der Waals surface area contributed by atoms with Crippen molar-refractivity contribution in [1.82, 2.24) is 9.21 Å². The Morgan fingerprint density at radius 3 is 2.46 bits per heavy atom. The van der Waals surface area contributed by atoms with Crippen LogP contribution in [0.1, 0.15) is 66.2 Å². The second-order valence-electron chi connectivity index (χ2n) is 7.89. The molecule has 26 heavy (non-hydrogen) atoms. The van der Waals surface area contributed by atoms with Gasteiger partial charge < -0.3 is 9.64 Å². The second kappa shape index (κ2) is 9.69. The molecule has 1 rings (SSSR count). The van der Waals surface area contributed by atoms with Crippen LogP contribution in [0.3, 0.4) is 0 Å². The molecule has 1 aliphatic rings. The Kier molecular flexibility index (Phi) is 8.53. The third-order valence-corrected chi connectivity index (χ3v) is 6.30. The van der Waals surface area contributed by atoms with E-state index < -0.39 is 21.7 Å². The van der Waals surface area contributed by atoms with Gasteiger partial charge in [-0.15, -0.1) is 0 Å². The molecule has 1 amide bonds. The highest BCUT2D eigenvalue weighted by Crippen LogP contribution is 2.23. The first kappa shape index (κ1) is 22.9. The van der Waals surface area contributed by atoms with Gasteiger partial charge in [0.05, 0.1) is 5.75 Å². The Balaban J connectivity index is 2.61. The molecule has 1 aliphatic heterocycles. The lowest BCUT2D eigenvalue weighted by Gasteiger charge is -2.35. The van der Waals surface area contributed by atoms with Gasteiger partial charge in [-0.2, -0.15) is 4.31 Å². The number of piperidine rings is 1. The normalized spacial score (nSPS) is 19.2. The molecule has 0 aromatic carbocycles. The van der Waals surface area contributed by atoms with Crippen molar-refractivity contribution >= 4 is 21.9 Å². The third-order valence-electron chi connectivity index (χ3n) is 4.23. The zero-order valence-corrected chi connectivity index (χ0v) is 17.6. The van der Waals surface area contributed by atoms with Crippen molar-refractivity contribution in [2.24, 2.45) is 0 Å². The number of nitrogens with zero attached hydrogens (tertiary/aromatic N) is 2. The Bertz CT molecular complexity index is 583. The van der Waals surface area contributed by atoms with E-state index in [0.29, 0.717) is 32.4 Å². The van der Waals surface area contributed by atoms with Crippen LogP contribution in [0.2, 0.25) is 0 Å². The Morgan fingerprint density at radius 2 is 1.88 bits per heavy atom. The van der Waals surface area contributed by atoms with Gasteiger partial charge in [0.15, 0.2) is 0 Å². The van der Waals surface area contributed by atoms with Crippen molar-refractivity contribution in [3.63, 3.8) is 0 Å². The van der Waals surface area contributed by atoms with Gasteiger partial charge in [0, 0.05) is 26.6 Å². The number of hydrogen-bond acceptors (Lipinski definition) is 5. The lowest BCUT2D eigenvalue weighted by atomic mass is 10.0. The fourth-order valence-electron chi connectivity index (χ4n) is 3.08. The van der Waals surface area contributed by atoms with Crippen LogP contribution in [0.5, 0.6) is 0 Å². The molecule has 1 saturated heterocycles. The van der Waals surface area contributed by atoms with Crippen LogP contribution >= 0.6 is 0 Å². The summed E-state index contributed by atoms with van der Waals surface area (Å²) in [6.07, 6.45) is 3.45. The molecule has 0 bridgehead atoms. The minimum absolute atomic E-state index is 0.0686. The van der Waals surface area contributed by atoms with E-state index in [4.69, 9.17) is 4.74 Å². The van der Waals surface area contributed by atoms with Crippen LogP contribution in [-0.4, -0.2) is 67.0 Å². The number of sulfonamides is 1. The quantitative estimate of drug-likeness (QED) is 0.593. The fourth-order valence-corrected chi connectivity index (χ4v) is 4.82. The lowest BCUT2D eigenvalue weighted by molar-refractivity contribution is -0.155. The molecule has 0 N–H and O–H groups in total. The summed E-state index contributed by atoms with van der Waals surface area (Å²) >= 11 is 0. The molecule has 1 atom stereocenters. The topological polar surface area (TPSA) is 84.0 Å². The van der Waals surface area contributed by atoms with Crippen molar-refractivity contribution in [2.45, 2.75) is 77.9 Å².